The normalized spacial score (nSPS) is 17.6. The van der Waals surface area contributed by atoms with Crippen LogP contribution in [0.3, 0.4) is 0 Å². The van der Waals surface area contributed by atoms with Gasteiger partial charge in [-0.15, -0.1) is 0 Å². The molecule has 4 nitrogen and oxygen atoms in total. The van der Waals surface area contributed by atoms with E-state index in [0.717, 1.165) is 17.0 Å². The highest BCUT2D eigenvalue weighted by atomic mass is 16.5. The highest BCUT2D eigenvalue weighted by Crippen LogP contribution is 2.28. The summed E-state index contributed by atoms with van der Waals surface area (Å²) in [5.41, 5.74) is 2.00. The van der Waals surface area contributed by atoms with Crippen LogP contribution in [0.25, 0.3) is 0 Å². The van der Waals surface area contributed by atoms with Crippen molar-refractivity contribution in [3.8, 4) is 5.75 Å². The van der Waals surface area contributed by atoms with Crippen LogP contribution in [0.1, 0.15) is 18.5 Å². The van der Waals surface area contributed by atoms with Crippen LogP contribution in [0, 0.1) is 0 Å². The Morgan fingerprint density at radius 1 is 1.13 bits per heavy atom. The second kappa shape index (κ2) is 7.01. The van der Waals surface area contributed by atoms with Crippen molar-refractivity contribution in [2.24, 2.45) is 0 Å². The van der Waals surface area contributed by atoms with E-state index in [-0.39, 0.29) is 18.1 Å². The van der Waals surface area contributed by atoms with E-state index >= 15 is 0 Å². The zero-order valence-corrected chi connectivity index (χ0v) is 12.9. The predicted molar refractivity (Wildman–Crippen MR) is 89.4 cm³/mol. The predicted octanol–water partition coefficient (Wildman–Crippen LogP) is 3.72. The molecule has 1 aliphatic rings. The van der Waals surface area contributed by atoms with Crippen LogP contribution in [0.2, 0.25) is 0 Å². The average Bonchev–Trinajstić information content (AvgIpc) is 3.01. The van der Waals surface area contributed by atoms with Gasteiger partial charge in [0.15, 0.2) is 0 Å². The van der Waals surface area contributed by atoms with Gasteiger partial charge >= 0.3 is 5.97 Å². The van der Waals surface area contributed by atoms with Gasteiger partial charge in [0.1, 0.15) is 11.9 Å². The summed E-state index contributed by atoms with van der Waals surface area (Å²) in [5.74, 6) is 0.533. The molecule has 23 heavy (non-hydrogen) atoms. The third-order valence-electron chi connectivity index (χ3n) is 3.65. The SMILES string of the molecule is CCOc1ccc(N[C@H](c2ccccc2)[C@@H]2C=CC(=O)O2)cc1. The Hall–Kier alpha value is -2.75. The van der Waals surface area contributed by atoms with Crippen molar-refractivity contribution in [1.29, 1.82) is 0 Å². The number of hydrogen-bond donors (Lipinski definition) is 1. The number of nitrogens with one attached hydrogen (secondary N) is 1. The summed E-state index contributed by atoms with van der Waals surface area (Å²) in [4.78, 5) is 11.4. The molecule has 118 valence electrons. The lowest BCUT2D eigenvalue weighted by Crippen LogP contribution is -2.25. The smallest absolute Gasteiger partial charge is 0.331 e. The number of cyclic esters (lactones) is 1. The lowest BCUT2D eigenvalue weighted by atomic mass is 10.0. The van der Waals surface area contributed by atoms with Crippen LogP contribution in [0.5, 0.6) is 5.75 Å². The number of ether oxygens (including phenoxy) is 2. The average molecular weight is 309 g/mol. The van der Waals surface area contributed by atoms with Crippen molar-refractivity contribution in [2.45, 2.75) is 19.1 Å². The largest absolute Gasteiger partial charge is 0.494 e. The van der Waals surface area contributed by atoms with Crippen LogP contribution < -0.4 is 10.1 Å². The standard InChI is InChI=1S/C19H19NO3/c1-2-22-16-10-8-15(9-11-16)20-19(14-6-4-3-5-7-14)17-12-13-18(21)23-17/h3-13,17,19-20H,2H2,1H3/t17-,19+/m0/s1. The summed E-state index contributed by atoms with van der Waals surface area (Å²) in [6.45, 7) is 2.60. The molecule has 2 aromatic rings. The molecule has 0 radical (unpaired) electrons. The molecule has 4 heteroatoms. The molecular weight excluding hydrogens is 290 g/mol. The lowest BCUT2D eigenvalue weighted by Gasteiger charge is -2.24. The molecule has 0 aromatic heterocycles. The number of carbonyl (C=O) groups is 1. The van der Waals surface area contributed by atoms with Gasteiger partial charge in [-0.25, -0.2) is 4.79 Å². The molecule has 1 heterocycles. The first-order valence-corrected chi connectivity index (χ1v) is 7.69. The first-order valence-electron chi connectivity index (χ1n) is 7.69. The molecule has 1 N–H and O–H groups in total. The number of anilines is 1. The molecule has 0 bridgehead atoms. The summed E-state index contributed by atoms with van der Waals surface area (Å²) in [5, 5.41) is 3.44. The molecule has 2 aromatic carbocycles. The van der Waals surface area contributed by atoms with Gasteiger partial charge in [-0.05, 0) is 42.8 Å². The van der Waals surface area contributed by atoms with Crippen molar-refractivity contribution in [1.82, 2.24) is 0 Å². The van der Waals surface area contributed by atoms with E-state index in [1.54, 1.807) is 6.08 Å². The van der Waals surface area contributed by atoms with E-state index in [2.05, 4.69) is 5.32 Å². The van der Waals surface area contributed by atoms with Crippen LogP contribution in [0.15, 0.2) is 66.7 Å². The van der Waals surface area contributed by atoms with Gasteiger partial charge in [0, 0.05) is 11.8 Å². The van der Waals surface area contributed by atoms with Crippen molar-refractivity contribution < 1.29 is 14.3 Å². The number of hydrogen-bond acceptors (Lipinski definition) is 4. The molecule has 0 fully saturated rings. The zero-order valence-electron chi connectivity index (χ0n) is 12.9. The fourth-order valence-electron chi connectivity index (χ4n) is 2.57. The van der Waals surface area contributed by atoms with Crippen molar-refractivity contribution in [3.05, 3.63) is 72.3 Å². The fraction of sp³-hybridized carbons (Fsp3) is 0.211. The van der Waals surface area contributed by atoms with Crippen LogP contribution >= 0.6 is 0 Å². The van der Waals surface area contributed by atoms with Gasteiger partial charge in [0.25, 0.3) is 0 Å². The summed E-state index contributed by atoms with van der Waals surface area (Å²) in [6, 6.07) is 17.6. The Labute approximate surface area is 135 Å². The molecule has 0 saturated heterocycles. The van der Waals surface area contributed by atoms with E-state index in [1.807, 2.05) is 61.5 Å². The van der Waals surface area contributed by atoms with E-state index in [0.29, 0.717) is 6.61 Å². The Morgan fingerprint density at radius 2 is 1.87 bits per heavy atom. The monoisotopic (exact) mass is 309 g/mol. The minimum Gasteiger partial charge on any atom is -0.494 e. The lowest BCUT2D eigenvalue weighted by molar-refractivity contribution is -0.139. The Morgan fingerprint density at radius 3 is 2.48 bits per heavy atom. The number of benzene rings is 2. The van der Waals surface area contributed by atoms with Crippen LogP contribution in [0.4, 0.5) is 5.69 Å². The number of carbonyl (C=O) groups excluding carboxylic acids is 1. The maximum atomic E-state index is 11.4. The summed E-state index contributed by atoms with van der Waals surface area (Å²) < 4.78 is 10.8. The number of esters is 1. The minimum absolute atomic E-state index is 0.142. The molecule has 2 atom stereocenters. The fourth-order valence-corrected chi connectivity index (χ4v) is 2.57. The van der Waals surface area contributed by atoms with Crippen molar-refractivity contribution in [2.75, 3.05) is 11.9 Å². The van der Waals surface area contributed by atoms with Gasteiger partial charge in [-0.3, -0.25) is 0 Å². The molecule has 0 spiro atoms. The summed E-state index contributed by atoms with van der Waals surface area (Å²) >= 11 is 0. The van der Waals surface area contributed by atoms with Crippen LogP contribution in [-0.4, -0.2) is 18.7 Å². The topological polar surface area (TPSA) is 47.6 Å². The maximum Gasteiger partial charge on any atom is 0.331 e. The van der Waals surface area contributed by atoms with Gasteiger partial charge in [0.05, 0.1) is 12.6 Å². The Bertz CT molecular complexity index is 680. The molecular formula is C19H19NO3. The molecule has 1 aliphatic heterocycles. The molecule has 0 unspecified atom stereocenters. The van der Waals surface area contributed by atoms with Gasteiger partial charge in [-0.2, -0.15) is 0 Å². The van der Waals surface area contributed by atoms with E-state index < -0.39 is 0 Å². The summed E-state index contributed by atoms with van der Waals surface area (Å²) in [6.07, 6.45) is 2.94. The van der Waals surface area contributed by atoms with Gasteiger partial charge < -0.3 is 14.8 Å². The Kier molecular flexibility index (Phi) is 4.62. The molecule has 0 amide bonds. The first-order chi connectivity index (χ1) is 11.3. The third-order valence-corrected chi connectivity index (χ3v) is 3.65. The minimum atomic E-state index is -0.323. The molecule has 0 saturated carbocycles. The van der Waals surface area contributed by atoms with E-state index in [9.17, 15) is 4.79 Å². The second-order valence-corrected chi connectivity index (χ2v) is 5.25. The van der Waals surface area contributed by atoms with Gasteiger partial charge in [0.2, 0.25) is 0 Å². The van der Waals surface area contributed by atoms with Crippen LogP contribution in [-0.2, 0) is 9.53 Å². The van der Waals surface area contributed by atoms with Gasteiger partial charge in [-0.1, -0.05) is 30.3 Å². The highest BCUT2D eigenvalue weighted by Gasteiger charge is 2.27. The summed E-state index contributed by atoms with van der Waals surface area (Å²) in [7, 11) is 0. The van der Waals surface area contributed by atoms with Crippen molar-refractivity contribution in [3.63, 3.8) is 0 Å². The second-order valence-electron chi connectivity index (χ2n) is 5.25. The highest BCUT2D eigenvalue weighted by molar-refractivity contribution is 5.84. The van der Waals surface area contributed by atoms with Crippen molar-refractivity contribution >= 4 is 11.7 Å². The Balaban J connectivity index is 1.81. The van der Waals surface area contributed by atoms with E-state index in [1.165, 1.54) is 6.08 Å². The number of rotatable bonds is 6. The third kappa shape index (κ3) is 3.72. The molecule has 0 aliphatic carbocycles. The first kappa shape index (κ1) is 15.2. The van der Waals surface area contributed by atoms with E-state index in [4.69, 9.17) is 9.47 Å². The zero-order chi connectivity index (χ0) is 16.1. The quantitative estimate of drug-likeness (QED) is 0.826. The molecule has 3 rings (SSSR count). The maximum absolute atomic E-state index is 11.4.